The number of nitrogens with zero attached hydrogens (tertiary/aromatic N) is 2. The van der Waals surface area contributed by atoms with E-state index in [1.54, 1.807) is 38.1 Å². The molecule has 0 bridgehead atoms. The molecule has 31 heavy (non-hydrogen) atoms. The van der Waals surface area contributed by atoms with E-state index in [0.717, 1.165) is 5.41 Å². The number of amides is 1. The summed E-state index contributed by atoms with van der Waals surface area (Å²) in [5, 5.41) is 1.59. The molecule has 2 aromatic carbocycles. The Balaban J connectivity index is 1.97. The number of anilines is 1. The molecule has 2 aromatic rings. The third-order valence-electron chi connectivity index (χ3n) is 5.01. The van der Waals surface area contributed by atoms with Gasteiger partial charge >= 0.3 is 0 Å². The lowest BCUT2D eigenvalue weighted by molar-refractivity contribution is 0.0983. The van der Waals surface area contributed by atoms with E-state index in [0.29, 0.717) is 23.8 Å². The molecule has 10 heteroatoms. The van der Waals surface area contributed by atoms with Crippen molar-refractivity contribution in [3.8, 4) is 0 Å². The number of sulfonamides is 1. The van der Waals surface area contributed by atoms with Crippen LogP contribution in [0.15, 0.2) is 64.9 Å². The molecule has 1 atom stereocenters. The molecule has 1 heterocycles. The summed E-state index contributed by atoms with van der Waals surface area (Å²) in [5.74, 6) is -0.670. The number of sulfone groups is 1. The summed E-state index contributed by atoms with van der Waals surface area (Å²) in [7, 11) is -7.05. The quantitative estimate of drug-likeness (QED) is 0.603. The van der Waals surface area contributed by atoms with Crippen LogP contribution in [0.4, 0.5) is 5.69 Å². The second kappa shape index (κ2) is 9.12. The standard InChI is InChI=1S/C21H23ClN2O5S2/c1-3-23(4-2)31(28,29)20-11-5-16(6-12-20)21(25)24(18-9-7-17(22)8-10-18)19-13-14-30(26,27)15-19/h5-14,19H,3-4,15H2,1-2H3. The third kappa shape index (κ3) is 5.01. The van der Waals surface area contributed by atoms with Crippen molar-refractivity contribution in [3.63, 3.8) is 0 Å². The van der Waals surface area contributed by atoms with Crippen LogP contribution in [0.2, 0.25) is 5.02 Å². The van der Waals surface area contributed by atoms with Crippen LogP contribution < -0.4 is 4.90 Å². The molecule has 3 rings (SSSR count). The topological polar surface area (TPSA) is 91.8 Å². The SMILES string of the molecule is CCN(CC)S(=O)(=O)c1ccc(C(=O)N(c2ccc(Cl)cc2)C2C=CS(=O)(=O)C2)cc1. The zero-order chi connectivity index (χ0) is 22.8. The lowest BCUT2D eigenvalue weighted by atomic mass is 10.1. The zero-order valence-electron chi connectivity index (χ0n) is 17.1. The normalized spacial score (nSPS) is 17.7. The molecule has 0 aliphatic carbocycles. The first kappa shape index (κ1) is 23.5. The van der Waals surface area contributed by atoms with Gasteiger partial charge in [-0.05, 0) is 54.6 Å². The Labute approximate surface area is 187 Å². The molecule has 7 nitrogen and oxygen atoms in total. The highest BCUT2D eigenvalue weighted by Crippen LogP contribution is 2.27. The Morgan fingerprint density at radius 1 is 1.03 bits per heavy atom. The van der Waals surface area contributed by atoms with Gasteiger partial charge in [0.1, 0.15) is 0 Å². The van der Waals surface area contributed by atoms with Crippen molar-refractivity contribution in [3.05, 3.63) is 70.6 Å². The van der Waals surface area contributed by atoms with Crippen LogP contribution in [-0.2, 0) is 19.9 Å². The van der Waals surface area contributed by atoms with Gasteiger partial charge in [-0.3, -0.25) is 4.79 Å². The van der Waals surface area contributed by atoms with Crippen molar-refractivity contribution in [2.45, 2.75) is 24.8 Å². The molecule has 1 aliphatic rings. The van der Waals surface area contributed by atoms with Crippen molar-refractivity contribution >= 4 is 43.1 Å². The highest BCUT2D eigenvalue weighted by molar-refractivity contribution is 7.94. The van der Waals surface area contributed by atoms with Crippen molar-refractivity contribution in [1.82, 2.24) is 4.31 Å². The number of hydrogen-bond acceptors (Lipinski definition) is 5. The Morgan fingerprint density at radius 3 is 2.10 bits per heavy atom. The van der Waals surface area contributed by atoms with Crippen LogP contribution in [0, 0.1) is 0 Å². The van der Waals surface area contributed by atoms with Gasteiger partial charge in [-0.25, -0.2) is 16.8 Å². The van der Waals surface area contributed by atoms with Crippen molar-refractivity contribution in [2.24, 2.45) is 0 Å². The van der Waals surface area contributed by atoms with Crippen LogP contribution in [-0.4, -0.2) is 51.9 Å². The van der Waals surface area contributed by atoms with Gasteiger partial charge in [0.25, 0.3) is 5.91 Å². The molecule has 0 radical (unpaired) electrons. The number of halogens is 1. The van der Waals surface area contributed by atoms with E-state index in [-0.39, 0.29) is 16.2 Å². The minimum absolute atomic E-state index is 0.0918. The summed E-state index contributed by atoms with van der Waals surface area (Å²) in [5.41, 5.74) is 0.729. The monoisotopic (exact) mass is 482 g/mol. The van der Waals surface area contributed by atoms with E-state index in [1.165, 1.54) is 39.5 Å². The highest BCUT2D eigenvalue weighted by atomic mass is 35.5. The zero-order valence-corrected chi connectivity index (χ0v) is 19.5. The summed E-state index contributed by atoms with van der Waals surface area (Å²) >= 11 is 5.95. The Bertz CT molecular complexity index is 1190. The summed E-state index contributed by atoms with van der Waals surface area (Å²) in [4.78, 5) is 14.8. The predicted octanol–water partition coefficient (Wildman–Crippen LogP) is 3.33. The van der Waals surface area contributed by atoms with Crippen LogP contribution in [0.25, 0.3) is 0 Å². The van der Waals surface area contributed by atoms with E-state index in [4.69, 9.17) is 11.6 Å². The number of rotatable bonds is 7. The molecule has 1 amide bonds. The second-order valence-corrected chi connectivity index (χ2v) is 11.3. The number of carbonyl (C=O) groups excluding carboxylic acids is 1. The Morgan fingerprint density at radius 2 is 1.61 bits per heavy atom. The molecular weight excluding hydrogens is 460 g/mol. The van der Waals surface area contributed by atoms with Gasteiger partial charge in [-0.2, -0.15) is 4.31 Å². The maximum atomic E-state index is 13.3. The molecule has 0 saturated heterocycles. The maximum Gasteiger partial charge on any atom is 0.258 e. The van der Waals surface area contributed by atoms with Gasteiger partial charge < -0.3 is 4.90 Å². The minimum atomic E-state index is -3.65. The third-order valence-corrected chi connectivity index (χ3v) is 8.70. The summed E-state index contributed by atoms with van der Waals surface area (Å²) in [6.07, 6.45) is 1.47. The second-order valence-electron chi connectivity index (χ2n) is 6.99. The first-order chi connectivity index (χ1) is 14.6. The molecule has 0 fully saturated rings. The van der Waals surface area contributed by atoms with E-state index in [1.807, 2.05) is 0 Å². The first-order valence-electron chi connectivity index (χ1n) is 9.69. The smallest absolute Gasteiger partial charge is 0.258 e. The minimum Gasteiger partial charge on any atom is -0.300 e. The summed E-state index contributed by atoms with van der Waals surface area (Å²) < 4.78 is 50.6. The molecule has 0 saturated carbocycles. The first-order valence-corrected chi connectivity index (χ1v) is 13.2. The molecule has 1 unspecified atom stereocenters. The highest BCUT2D eigenvalue weighted by Gasteiger charge is 2.32. The average molecular weight is 483 g/mol. The van der Waals surface area contributed by atoms with Crippen molar-refractivity contribution in [2.75, 3.05) is 23.7 Å². The maximum absolute atomic E-state index is 13.3. The predicted molar refractivity (Wildman–Crippen MR) is 122 cm³/mol. The Kier molecular flexibility index (Phi) is 6.90. The number of hydrogen-bond donors (Lipinski definition) is 0. The molecule has 166 valence electrons. The fourth-order valence-electron chi connectivity index (χ4n) is 3.40. The molecule has 1 aliphatic heterocycles. The lowest BCUT2D eigenvalue weighted by Gasteiger charge is -2.28. The van der Waals surface area contributed by atoms with Crippen LogP contribution >= 0.6 is 11.6 Å². The van der Waals surface area contributed by atoms with Crippen LogP contribution in [0.5, 0.6) is 0 Å². The van der Waals surface area contributed by atoms with Crippen LogP contribution in [0.1, 0.15) is 24.2 Å². The van der Waals surface area contributed by atoms with Gasteiger partial charge in [0.2, 0.25) is 10.0 Å². The fraction of sp³-hybridized carbons (Fsp3) is 0.286. The van der Waals surface area contributed by atoms with Gasteiger partial charge in [0, 0.05) is 34.8 Å². The van der Waals surface area contributed by atoms with Gasteiger partial charge in [0.15, 0.2) is 9.84 Å². The van der Waals surface area contributed by atoms with E-state index < -0.39 is 31.8 Å². The average Bonchev–Trinajstić information content (AvgIpc) is 3.09. The fourth-order valence-corrected chi connectivity index (χ4v) is 6.25. The van der Waals surface area contributed by atoms with E-state index in [2.05, 4.69) is 0 Å². The summed E-state index contributed by atoms with van der Waals surface area (Å²) in [6, 6.07) is 11.5. The molecule has 0 spiro atoms. The lowest BCUT2D eigenvalue weighted by Crippen LogP contribution is -2.41. The Hall–Kier alpha value is -2.20. The molecule has 0 aromatic heterocycles. The van der Waals surface area contributed by atoms with Crippen molar-refractivity contribution < 1.29 is 21.6 Å². The summed E-state index contributed by atoms with van der Waals surface area (Å²) in [6.45, 7) is 4.19. The van der Waals surface area contributed by atoms with E-state index >= 15 is 0 Å². The number of carbonyl (C=O) groups is 1. The van der Waals surface area contributed by atoms with Crippen molar-refractivity contribution in [1.29, 1.82) is 0 Å². The number of benzene rings is 2. The van der Waals surface area contributed by atoms with Gasteiger partial charge in [-0.15, -0.1) is 0 Å². The molecule has 0 N–H and O–H groups in total. The van der Waals surface area contributed by atoms with Gasteiger partial charge in [0.05, 0.1) is 16.7 Å². The van der Waals surface area contributed by atoms with Crippen LogP contribution in [0.3, 0.4) is 0 Å². The van der Waals surface area contributed by atoms with E-state index in [9.17, 15) is 21.6 Å². The molecular formula is C21H23ClN2O5S2. The van der Waals surface area contributed by atoms with Gasteiger partial charge in [-0.1, -0.05) is 25.4 Å². The largest absolute Gasteiger partial charge is 0.300 e.